The van der Waals surface area contributed by atoms with E-state index in [9.17, 15) is 14.4 Å². The topological polar surface area (TPSA) is 97.4 Å². The highest BCUT2D eigenvalue weighted by Crippen LogP contribution is 2.15. The van der Waals surface area contributed by atoms with Gasteiger partial charge in [-0.3, -0.25) is 14.4 Å². The van der Waals surface area contributed by atoms with Gasteiger partial charge in [0.2, 0.25) is 0 Å². The molecule has 2 atom stereocenters. The highest BCUT2D eigenvalue weighted by molar-refractivity contribution is 5.69. The largest absolute Gasteiger partial charge is 0.466 e. The number of esters is 3. The third kappa shape index (κ3) is 40.6. The molecule has 0 spiro atoms. The summed E-state index contributed by atoms with van der Waals surface area (Å²) in [5.74, 6) is 0.820. The van der Waals surface area contributed by atoms with E-state index in [0.29, 0.717) is 64.1 Å². The number of carbonyl (C=O) groups is 3. The van der Waals surface area contributed by atoms with Gasteiger partial charge in [0.05, 0.1) is 33.0 Å². The Bertz CT molecular complexity index is 714. The smallest absolute Gasteiger partial charge is 0.305 e. The SMILES string of the molecule is CCCCC(CC)COC(=O)CCCCCCCCC(=O)OCC(C)CC.CCCCOOCCCCCCCCCC(=O)OCCCC. The van der Waals surface area contributed by atoms with Crippen molar-refractivity contribution in [2.45, 2.75) is 202 Å². The normalized spacial score (nSPS) is 12.1. The summed E-state index contributed by atoms with van der Waals surface area (Å²) in [7, 11) is 0. The van der Waals surface area contributed by atoms with Crippen molar-refractivity contribution in [1.82, 2.24) is 0 Å². The molecule has 0 N–H and O–H groups in total. The first-order chi connectivity index (χ1) is 23.8. The minimum atomic E-state index is -0.0673. The van der Waals surface area contributed by atoms with E-state index in [1.165, 1.54) is 38.5 Å². The Morgan fingerprint density at radius 2 is 0.837 bits per heavy atom. The van der Waals surface area contributed by atoms with Crippen LogP contribution in [0.15, 0.2) is 0 Å². The average Bonchev–Trinajstić information content (AvgIpc) is 3.10. The van der Waals surface area contributed by atoms with Gasteiger partial charge < -0.3 is 14.2 Å². The molecule has 0 aromatic rings. The van der Waals surface area contributed by atoms with Gasteiger partial charge in [0, 0.05) is 19.3 Å². The molecule has 0 rings (SSSR count). The summed E-state index contributed by atoms with van der Waals surface area (Å²) in [6, 6.07) is 0. The van der Waals surface area contributed by atoms with Crippen LogP contribution >= 0.6 is 0 Å². The zero-order valence-electron chi connectivity index (χ0n) is 33.1. The maximum Gasteiger partial charge on any atom is 0.305 e. The van der Waals surface area contributed by atoms with Crippen LogP contribution in [-0.2, 0) is 38.4 Å². The molecular formula is C41H80O8. The Kier molecular flexibility index (Phi) is 41.1. The van der Waals surface area contributed by atoms with E-state index in [1.54, 1.807) is 0 Å². The van der Waals surface area contributed by atoms with Crippen molar-refractivity contribution in [3.8, 4) is 0 Å². The van der Waals surface area contributed by atoms with Crippen LogP contribution in [0.4, 0.5) is 0 Å². The number of unbranched alkanes of at least 4 members (excludes halogenated alkanes) is 14. The van der Waals surface area contributed by atoms with Gasteiger partial charge >= 0.3 is 17.9 Å². The maximum absolute atomic E-state index is 11.8. The summed E-state index contributed by atoms with van der Waals surface area (Å²) >= 11 is 0. The molecule has 0 fully saturated rings. The molecule has 0 bridgehead atoms. The van der Waals surface area contributed by atoms with Gasteiger partial charge in [-0.15, -0.1) is 0 Å². The second kappa shape index (κ2) is 40.8. The summed E-state index contributed by atoms with van der Waals surface area (Å²) in [5, 5.41) is 0. The van der Waals surface area contributed by atoms with Crippen molar-refractivity contribution >= 4 is 17.9 Å². The highest BCUT2D eigenvalue weighted by Gasteiger charge is 2.10. The van der Waals surface area contributed by atoms with E-state index < -0.39 is 0 Å². The van der Waals surface area contributed by atoms with Gasteiger partial charge in [-0.1, -0.05) is 138 Å². The van der Waals surface area contributed by atoms with E-state index in [-0.39, 0.29) is 17.9 Å². The Balaban J connectivity index is 0. The molecular weight excluding hydrogens is 620 g/mol. The van der Waals surface area contributed by atoms with Gasteiger partial charge in [-0.25, -0.2) is 9.78 Å². The predicted octanol–water partition coefficient (Wildman–Crippen LogP) is 11.7. The van der Waals surface area contributed by atoms with Crippen LogP contribution in [0.1, 0.15) is 202 Å². The monoisotopic (exact) mass is 701 g/mol. The summed E-state index contributed by atoms with van der Waals surface area (Å²) < 4.78 is 15.8. The second-order valence-electron chi connectivity index (χ2n) is 13.7. The van der Waals surface area contributed by atoms with Crippen LogP contribution in [0, 0.1) is 11.8 Å². The lowest BCUT2D eigenvalue weighted by molar-refractivity contribution is -0.295. The fraction of sp³-hybridized carbons (Fsp3) is 0.927. The van der Waals surface area contributed by atoms with E-state index in [1.807, 2.05) is 0 Å². The molecule has 0 aromatic heterocycles. The van der Waals surface area contributed by atoms with Gasteiger partial charge in [-0.05, 0) is 56.8 Å². The van der Waals surface area contributed by atoms with E-state index in [2.05, 4.69) is 41.5 Å². The fourth-order valence-electron chi connectivity index (χ4n) is 4.89. The van der Waals surface area contributed by atoms with Crippen LogP contribution in [0.5, 0.6) is 0 Å². The molecule has 0 aromatic carbocycles. The van der Waals surface area contributed by atoms with Crippen molar-refractivity contribution in [2.24, 2.45) is 11.8 Å². The van der Waals surface area contributed by atoms with E-state index in [0.717, 1.165) is 103 Å². The molecule has 0 aliphatic rings. The van der Waals surface area contributed by atoms with Gasteiger partial charge in [0.15, 0.2) is 0 Å². The van der Waals surface area contributed by atoms with Crippen molar-refractivity contribution in [1.29, 1.82) is 0 Å². The molecule has 8 heteroatoms. The molecule has 292 valence electrons. The Morgan fingerprint density at radius 1 is 0.429 bits per heavy atom. The Morgan fingerprint density at radius 3 is 1.31 bits per heavy atom. The summed E-state index contributed by atoms with van der Waals surface area (Å²) in [5.41, 5.74) is 0. The first-order valence-electron chi connectivity index (χ1n) is 20.5. The van der Waals surface area contributed by atoms with Gasteiger partial charge in [0.1, 0.15) is 0 Å². The first-order valence-corrected chi connectivity index (χ1v) is 20.5. The standard InChI is InChI=1S/C23H44O4.C18H36O4/c1-5-8-15-21(7-3)19-27-23(25)17-14-12-10-9-11-13-16-22(24)26-18-20(4)6-2;1-3-5-15-20-18(19)14-12-10-8-7-9-11-13-17-22-21-16-6-4-2/h20-21H,5-19H2,1-4H3;3-17H2,1-2H3. The second-order valence-corrected chi connectivity index (χ2v) is 13.7. The van der Waals surface area contributed by atoms with Gasteiger partial charge in [-0.2, -0.15) is 0 Å². The number of rotatable bonds is 35. The molecule has 0 saturated carbocycles. The zero-order chi connectivity index (χ0) is 36.6. The molecule has 0 aliphatic heterocycles. The minimum absolute atomic E-state index is 0.0336. The molecule has 0 aliphatic carbocycles. The third-order valence-corrected chi connectivity index (χ3v) is 8.79. The van der Waals surface area contributed by atoms with Crippen molar-refractivity contribution in [3.05, 3.63) is 0 Å². The quantitative estimate of drug-likeness (QED) is 0.0212. The van der Waals surface area contributed by atoms with E-state index in [4.69, 9.17) is 24.0 Å². The summed E-state index contributed by atoms with van der Waals surface area (Å²) in [4.78, 5) is 44.9. The lowest BCUT2D eigenvalue weighted by Gasteiger charge is -2.14. The molecule has 8 nitrogen and oxygen atoms in total. The third-order valence-electron chi connectivity index (χ3n) is 8.79. The number of hydrogen-bond acceptors (Lipinski definition) is 8. The molecule has 0 heterocycles. The van der Waals surface area contributed by atoms with Crippen LogP contribution < -0.4 is 0 Å². The van der Waals surface area contributed by atoms with Crippen molar-refractivity contribution in [2.75, 3.05) is 33.0 Å². The average molecular weight is 701 g/mol. The van der Waals surface area contributed by atoms with Crippen molar-refractivity contribution < 1.29 is 38.4 Å². The summed E-state index contributed by atoms with van der Waals surface area (Å²) in [6.45, 7) is 15.9. The fourth-order valence-corrected chi connectivity index (χ4v) is 4.89. The van der Waals surface area contributed by atoms with Crippen LogP contribution in [0.2, 0.25) is 0 Å². The predicted molar refractivity (Wildman–Crippen MR) is 201 cm³/mol. The molecule has 0 saturated heterocycles. The molecule has 0 amide bonds. The van der Waals surface area contributed by atoms with Crippen LogP contribution in [0.25, 0.3) is 0 Å². The Hall–Kier alpha value is -1.67. The highest BCUT2D eigenvalue weighted by atomic mass is 17.2. The van der Waals surface area contributed by atoms with E-state index >= 15 is 0 Å². The lowest BCUT2D eigenvalue weighted by atomic mass is 10.0. The van der Waals surface area contributed by atoms with Crippen molar-refractivity contribution in [3.63, 3.8) is 0 Å². The first kappa shape index (κ1) is 49.4. The number of carbonyl (C=O) groups excluding carboxylic acids is 3. The van der Waals surface area contributed by atoms with Crippen LogP contribution in [-0.4, -0.2) is 50.9 Å². The lowest BCUT2D eigenvalue weighted by Crippen LogP contribution is -2.13. The number of ether oxygens (including phenoxy) is 3. The maximum atomic E-state index is 11.8. The minimum Gasteiger partial charge on any atom is -0.466 e. The van der Waals surface area contributed by atoms with Crippen LogP contribution in [0.3, 0.4) is 0 Å². The number of hydrogen-bond donors (Lipinski definition) is 0. The van der Waals surface area contributed by atoms with Gasteiger partial charge in [0.25, 0.3) is 0 Å². The molecule has 0 radical (unpaired) electrons. The zero-order valence-corrected chi connectivity index (χ0v) is 33.1. The molecule has 49 heavy (non-hydrogen) atoms. The Labute approximate surface area is 302 Å². The molecule has 2 unspecified atom stereocenters. The summed E-state index contributed by atoms with van der Waals surface area (Å²) in [6.07, 6.45) is 25.7.